The lowest BCUT2D eigenvalue weighted by Gasteiger charge is -2.31. The zero-order chi connectivity index (χ0) is 14.4. The van der Waals surface area contributed by atoms with Crippen molar-refractivity contribution in [2.75, 3.05) is 32.7 Å². The average molecular weight is 340 g/mol. The molecule has 0 aliphatic carbocycles. The third-order valence-corrected chi connectivity index (χ3v) is 3.97. The number of rotatable bonds is 5. The molecule has 4 nitrogen and oxygen atoms in total. The van der Waals surface area contributed by atoms with Crippen molar-refractivity contribution in [3.8, 4) is 0 Å². The van der Waals surface area contributed by atoms with Crippen LogP contribution in [0.2, 0.25) is 0 Å². The van der Waals surface area contributed by atoms with Crippen LogP contribution in [0.15, 0.2) is 28.7 Å². The Hall–Kier alpha value is -0.910. The molecule has 1 unspecified atom stereocenters. The summed E-state index contributed by atoms with van der Waals surface area (Å²) in [5, 5.41) is 6.41. The van der Waals surface area contributed by atoms with E-state index < -0.39 is 0 Å². The van der Waals surface area contributed by atoms with Gasteiger partial charge in [0.1, 0.15) is 0 Å². The highest BCUT2D eigenvalue weighted by Crippen LogP contribution is 2.11. The van der Waals surface area contributed by atoms with E-state index in [1.807, 2.05) is 24.3 Å². The molecule has 0 bridgehead atoms. The van der Waals surface area contributed by atoms with Gasteiger partial charge in [-0.15, -0.1) is 0 Å². The van der Waals surface area contributed by atoms with Gasteiger partial charge in [-0.3, -0.25) is 4.79 Å². The Morgan fingerprint density at radius 3 is 3.15 bits per heavy atom. The number of carbonyl (C=O) groups excluding carboxylic acids is 1. The average Bonchev–Trinajstić information content (AvgIpc) is 2.43. The maximum atomic E-state index is 11.9. The third kappa shape index (κ3) is 4.89. The zero-order valence-corrected chi connectivity index (χ0v) is 13.4. The summed E-state index contributed by atoms with van der Waals surface area (Å²) in [6.07, 6.45) is 0.993. The number of hydrogen-bond acceptors (Lipinski definition) is 3. The first-order chi connectivity index (χ1) is 9.65. The lowest BCUT2D eigenvalue weighted by molar-refractivity contribution is 0.0950. The van der Waals surface area contributed by atoms with Gasteiger partial charge < -0.3 is 15.5 Å². The molecule has 20 heavy (non-hydrogen) atoms. The predicted octanol–water partition coefficient (Wildman–Crippen LogP) is 1.86. The Morgan fingerprint density at radius 2 is 2.40 bits per heavy atom. The van der Waals surface area contributed by atoms with Gasteiger partial charge in [0.15, 0.2) is 0 Å². The van der Waals surface area contributed by atoms with Gasteiger partial charge in [0.25, 0.3) is 5.91 Å². The molecule has 2 N–H and O–H groups in total. The maximum Gasteiger partial charge on any atom is 0.251 e. The van der Waals surface area contributed by atoms with Crippen LogP contribution in [-0.4, -0.2) is 49.6 Å². The van der Waals surface area contributed by atoms with Gasteiger partial charge in [-0.05, 0) is 38.1 Å². The number of nitrogens with one attached hydrogen (secondary N) is 2. The number of benzene rings is 1. The van der Waals surface area contributed by atoms with Crippen molar-refractivity contribution in [3.05, 3.63) is 34.3 Å². The molecule has 0 radical (unpaired) electrons. The van der Waals surface area contributed by atoms with E-state index in [2.05, 4.69) is 38.4 Å². The molecule has 1 atom stereocenters. The van der Waals surface area contributed by atoms with Gasteiger partial charge in [0.05, 0.1) is 0 Å². The number of halogens is 1. The van der Waals surface area contributed by atoms with Gasteiger partial charge in [-0.1, -0.05) is 22.0 Å². The molecule has 1 aromatic rings. The number of carbonyl (C=O) groups is 1. The molecule has 0 saturated carbocycles. The van der Waals surface area contributed by atoms with Gasteiger partial charge in [0.2, 0.25) is 0 Å². The van der Waals surface area contributed by atoms with E-state index in [1.165, 1.54) is 0 Å². The highest BCUT2D eigenvalue weighted by atomic mass is 79.9. The Balaban J connectivity index is 1.67. The number of nitrogens with zero attached hydrogens (tertiary/aromatic N) is 1. The van der Waals surface area contributed by atoms with Crippen LogP contribution in [0.4, 0.5) is 0 Å². The molecule has 1 aliphatic rings. The first kappa shape index (κ1) is 15.5. The summed E-state index contributed by atoms with van der Waals surface area (Å²) in [4.78, 5) is 14.4. The van der Waals surface area contributed by atoms with E-state index in [4.69, 9.17) is 0 Å². The Bertz CT molecular complexity index is 452. The van der Waals surface area contributed by atoms with E-state index >= 15 is 0 Å². The first-order valence-corrected chi connectivity index (χ1v) is 7.94. The van der Waals surface area contributed by atoms with E-state index in [9.17, 15) is 4.79 Å². The lowest BCUT2D eigenvalue weighted by Crippen LogP contribution is -2.49. The van der Waals surface area contributed by atoms with Crippen LogP contribution in [0, 0.1) is 0 Å². The summed E-state index contributed by atoms with van der Waals surface area (Å²) >= 11 is 3.38. The Morgan fingerprint density at radius 1 is 1.55 bits per heavy atom. The van der Waals surface area contributed by atoms with Crippen molar-refractivity contribution in [2.24, 2.45) is 0 Å². The van der Waals surface area contributed by atoms with Gasteiger partial charge >= 0.3 is 0 Å². The molecule has 1 fully saturated rings. The van der Waals surface area contributed by atoms with E-state index in [0.717, 1.165) is 43.6 Å². The fraction of sp³-hybridized carbons (Fsp3) is 0.533. The fourth-order valence-electron chi connectivity index (χ4n) is 2.45. The second-order valence-corrected chi connectivity index (χ2v) is 6.19. The molecule has 110 valence electrons. The summed E-state index contributed by atoms with van der Waals surface area (Å²) < 4.78 is 0.931. The van der Waals surface area contributed by atoms with Gasteiger partial charge in [-0.25, -0.2) is 0 Å². The third-order valence-electron chi connectivity index (χ3n) is 3.48. The number of amides is 1. The molecule has 1 amide bonds. The number of hydrogen-bond donors (Lipinski definition) is 2. The Labute approximate surface area is 129 Å². The molecule has 0 aromatic heterocycles. The first-order valence-electron chi connectivity index (χ1n) is 7.14. The van der Waals surface area contributed by atoms with E-state index in [1.54, 1.807) is 0 Å². The summed E-state index contributed by atoms with van der Waals surface area (Å²) in [5.74, 6) is -0.0000196. The number of piperazine rings is 1. The quantitative estimate of drug-likeness (QED) is 0.805. The van der Waals surface area contributed by atoms with Crippen LogP contribution >= 0.6 is 15.9 Å². The molecule has 1 aromatic carbocycles. The van der Waals surface area contributed by atoms with Crippen LogP contribution in [-0.2, 0) is 0 Å². The van der Waals surface area contributed by atoms with Crippen molar-refractivity contribution in [2.45, 2.75) is 19.4 Å². The lowest BCUT2D eigenvalue weighted by atomic mass is 10.2. The van der Waals surface area contributed by atoms with Crippen molar-refractivity contribution in [1.29, 1.82) is 0 Å². The van der Waals surface area contributed by atoms with Gasteiger partial charge in [0, 0.05) is 42.3 Å². The molecule has 1 heterocycles. The van der Waals surface area contributed by atoms with Crippen molar-refractivity contribution in [1.82, 2.24) is 15.5 Å². The largest absolute Gasteiger partial charge is 0.352 e. The summed E-state index contributed by atoms with van der Waals surface area (Å²) in [6, 6.07) is 8.04. The monoisotopic (exact) mass is 339 g/mol. The second kappa shape index (κ2) is 7.76. The highest BCUT2D eigenvalue weighted by Gasteiger charge is 2.14. The summed E-state index contributed by atoms with van der Waals surface area (Å²) in [7, 11) is 0. The molecule has 2 rings (SSSR count). The second-order valence-electron chi connectivity index (χ2n) is 5.28. The van der Waals surface area contributed by atoms with E-state index in [-0.39, 0.29) is 5.91 Å². The molecular formula is C15H22BrN3O. The van der Waals surface area contributed by atoms with Crippen LogP contribution in [0.3, 0.4) is 0 Å². The van der Waals surface area contributed by atoms with Crippen LogP contribution < -0.4 is 10.6 Å². The summed E-state index contributed by atoms with van der Waals surface area (Å²) in [5.41, 5.74) is 0.704. The zero-order valence-electron chi connectivity index (χ0n) is 11.9. The topological polar surface area (TPSA) is 44.4 Å². The standard InChI is InChI=1S/C15H22BrN3O/c1-12-11-19(9-7-17-12)8-3-6-18-15(20)13-4-2-5-14(16)10-13/h2,4-5,10,12,17H,3,6-9,11H2,1H3,(H,18,20). The summed E-state index contributed by atoms with van der Waals surface area (Å²) in [6.45, 7) is 7.24. The molecule has 0 spiro atoms. The normalized spacial score (nSPS) is 19.8. The Kier molecular flexibility index (Phi) is 6.01. The maximum absolute atomic E-state index is 11.9. The fourth-order valence-corrected chi connectivity index (χ4v) is 2.85. The van der Waals surface area contributed by atoms with Crippen molar-refractivity contribution >= 4 is 21.8 Å². The minimum absolute atomic E-state index is 0.0000196. The van der Waals surface area contributed by atoms with Crippen LogP contribution in [0.1, 0.15) is 23.7 Å². The van der Waals surface area contributed by atoms with Crippen LogP contribution in [0.5, 0.6) is 0 Å². The molecule has 1 saturated heterocycles. The van der Waals surface area contributed by atoms with E-state index in [0.29, 0.717) is 11.6 Å². The molecular weight excluding hydrogens is 318 g/mol. The predicted molar refractivity (Wildman–Crippen MR) is 85.0 cm³/mol. The smallest absolute Gasteiger partial charge is 0.251 e. The van der Waals surface area contributed by atoms with Crippen molar-refractivity contribution in [3.63, 3.8) is 0 Å². The molecule has 1 aliphatic heterocycles. The van der Waals surface area contributed by atoms with Crippen LogP contribution in [0.25, 0.3) is 0 Å². The minimum atomic E-state index is -0.0000196. The van der Waals surface area contributed by atoms with Gasteiger partial charge in [-0.2, -0.15) is 0 Å². The minimum Gasteiger partial charge on any atom is -0.352 e. The molecule has 5 heteroatoms. The van der Waals surface area contributed by atoms with Crippen molar-refractivity contribution < 1.29 is 4.79 Å². The SMILES string of the molecule is CC1CN(CCCNC(=O)c2cccc(Br)c2)CCN1. The highest BCUT2D eigenvalue weighted by molar-refractivity contribution is 9.10.